The second-order valence-corrected chi connectivity index (χ2v) is 5.79. The maximum absolute atomic E-state index is 12.3. The first-order valence-electron chi connectivity index (χ1n) is 7.58. The topological polar surface area (TPSA) is 84.2 Å². The lowest BCUT2D eigenvalue weighted by Crippen LogP contribution is -2.39. The first kappa shape index (κ1) is 16.9. The lowest BCUT2D eigenvalue weighted by Gasteiger charge is -2.18. The molecule has 0 aliphatic carbocycles. The summed E-state index contributed by atoms with van der Waals surface area (Å²) in [6.45, 7) is 3.90. The summed E-state index contributed by atoms with van der Waals surface area (Å²) in [4.78, 5) is 24.2. The molecule has 1 heterocycles. The molecule has 0 radical (unpaired) electrons. The van der Waals surface area contributed by atoms with E-state index >= 15 is 0 Å². The van der Waals surface area contributed by atoms with Gasteiger partial charge in [-0.2, -0.15) is 9.78 Å². The van der Waals surface area contributed by atoms with Crippen LogP contribution in [0.2, 0.25) is 0 Å². The summed E-state index contributed by atoms with van der Waals surface area (Å²) < 4.78 is 1.19. The third-order valence-corrected chi connectivity index (χ3v) is 3.35. The van der Waals surface area contributed by atoms with E-state index in [4.69, 9.17) is 0 Å². The molecule has 2 N–H and O–H groups in total. The third kappa shape index (κ3) is 4.50. The first-order valence-corrected chi connectivity index (χ1v) is 7.58. The standard InChI is InChI=1S/C17H21N3O3/c1-12(2)10-13(11-21)18-17(23)15-8-9-16(22)20(19-15)14-6-4-3-5-7-14/h3-9,12-13,21H,10-11H2,1-2H3,(H,18,23). The van der Waals surface area contributed by atoms with Crippen molar-refractivity contribution in [1.29, 1.82) is 0 Å². The highest BCUT2D eigenvalue weighted by atomic mass is 16.3. The van der Waals surface area contributed by atoms with Gasteiger partial charge in [0.1, 0.15) is 5.69 Å². The molecule has 0 fully saturated rings. The third-order valence-electron chi connectivity index (χ3n) is 3.35. The van der Waals surface area contributed by atoms with E-state index in [0.29, 0.717) is 18.0 Å². The van der Waals surface area contributed by atoms with Crippen molar-refractivity contribution in [2.75, 3.05) is 6.61 Å². The first-order chi connectivity index (χ1) is 11.0. The van der Waals surface area contributed by atoms with Crippen LogP contribution in [-0.2, 0) is 0 Å². The Morgan fingerprint density at radius 1 is 1.22 bits per heavy atom. The molecule has 6 heteroatoms. The molecule has 1 amide bonds. The molecule has 23 heavy (non-hydrogen) atoms. The van der Waals surface area contributed by atoms with Gasteiger partial charge in [-0.3, -0.25) is 9.59 Å². The van der Waals surface area contributed by atoms with Gasteiger partial charge >= 0.3 is 0 Å². The van der Waals surface area contributed by atoms with Crippen LogP contribution in [0, 0.1) is 5.92 Å². The van der Waals surface area contributed by atoms with Crippen molar-refractivity contribution in [3.05, 3.63) is 58.5 Å². The molecule has 0 saturated carbocycles. The van der Waals surface area contributed by atoms with Crippen molar-refractivity contribution < 1.29 is 9.90 Å². The van der Waals surface area contributed by atoms with Gasteiger partial charge in [-0.05, 0) is 30.5 Å². The van der Waals surface area contributed by atoms with Crippen LogP contribution in [0.4, 0.5) is 0 Å². The number of aliphatic hydroxyl groups is 1. The van der Waals surface area contributed by atoms with E-state index in [9.17, 15) is 14.7 Å². The van der Waals surface area contributed by atoms with Crippen molar-refractivity contribution in [3.8, 4) is 5.69 Å². The van der Waals surface area contributed by atoms with Crippen molar-refractivity contribution in [2.45, 2.75) is 26.3 Å². The second kappa shape index (κ2) is 7.69. The van der Waals surface area contributed by atoms with Gasteiger partial charge in [0.25, 0.3) is 11.5 Å². The minimum absolute atomic E-state index is 0.135. The molecule has 1 unspecified atom stereocenters. The fourth-order valence-corrected chi connectivity index (χ4v) is 2.29. The highest BCUT2D eigenvalue weighted by molar-refractivity contribution is 5.92. The predicted octanol–water partition coefficient (Wildman–Crippen LogP) is 1.37. The van der Waals surface area contributed by atoms with Gasteiger partial charge in [0.15, 0.2) is 0 Å². The average Bonchev–Trinajstić information content (AvgIpc) is 2.54. The molecule has 122 valence electrons. The van der Waals surface area contributed by atoms with Crippen LogP contribution < -0.4 is 10.9 Å². The molecule has 0 aliphatic rings. The lowest BCUT2D eigenvalue weighted by molar-refractivity contribution is 0.0901. The maximum Gasteiger partial charge on any atom is 0.272 e. The molecule has 1 atom stereocenters. The quantitative estimate of drug-likeness (QED) is 0.843. The van der Waals surface area contributed by atoms with Gasteiger partial charge < -0.3 is 10.4 Å². The number of aliphatic hydroxyl groups excluding tert-OH is 1. The van der Waals surface area contributed by atoms with E-state index in [-0.39, 0.29) is 23.9 Å². The van der Waals surface area contributed by atoms with Crippen LogP contribution in [-0.4, -0.2) is 33.4 Å². The van der Waals surface area contributed by atoms with Crippen molar-refractivity contribution >= 4 is 5.91 Å². The zero-order valence-electron chi connectivity index (χ0n) is 13.3. The van der Waals surface area contributed by atoms with Crippen LogP contribution in [0.3, 0.4) is 0 Å². The Labute approximate surface area is 134 Å². The van der Waals surface area contributed by atoms with Crippen molar-refractivity contribution in [2.24, 2.45) is 5.92 Å². The van der Waals surface area contributed by atoms with Crippen LogP contribution in [0.25, 0.3) is 5.69 Å². The number of carbonyl (C=O) groups excluding carboxylic acids is 1. The van der Waals surface area contributed by atoms with E-state index in [1.54, 1.807) is 24.3 Å². The SMILES string of the molecule is CC(C)CC(CO)NC(=O)c1ccc(=O)n(-c2ccccc2)n1. The normalized spacial score (nSPS) is 12.2. The average molecular weight is 315 g/mol. The summed E-state index contributed by atoms with van der Waals surface area (Å²) in [7, 11) is 0. The predicted molar refractivity (Wildman–Crippen MR) is 87.6 cm³/mol. The smallest absolute Gasteiger partial charge is 0.272 e. The van der Waals surface area contributed by atoms with Gasteiger partial charge in [0.2, 0.25) is 0 Å². The van der Waals surface area contributed by atoms with E-state index in [1.165, 1.54) is 16.8 Å². The summed E-state index contributed by atoms with van der Waals surface area (Å²) in [5.74, 6) is -0.0620. The van der Waals surface area contributed by atoms with E-state index in [0.717, 1.165) is 0 Å². The highest BCUT2D eigenvalue weighted by Crippen LogP contribution is 2.06. The molecule has 2 rings (SSSR count). The number of carbonyl (C=O) groups is 1. The van der Waals surface area contributed by atoms with Gasteiger partial charge in [-0.25, -0.2) is 0 Å². The van der Waals surface area contributed by atoms with Crippen molar-refractivity contribution in [1.82, 2.24) is 15.1 Å². The fourth-order valence-electron chi connectivity index (χ4n) is 2.29. The van der Waals surface area contributed by atoms with Gasteiger partial charge in [-0.15, -0.1) is 0 Å². The molecule has 0 saturated heterocycles. The van der Waals surface area contributed by atoms with Gasteiger partial charge in [0.05, 0.1) is 18.3 Å². The summed E-state index contributed by atoms with van der Waals surface area (Å²) in [6, 6.07) is 11.3. The Hall–Kier alpha value is -2.47. The monoisotopic (exact) mass is 315 g/mol. The summed E-state index contributed by atoms with van der Waals surface area (Å²) in [6.07, 6.45) is 0.667. The Morgan fingerprint density at radius 2 is 1.91 bits per heavy atom. The van der Waals surface area contributed by atoms with Crippen LogP contribution in [0.1, 0.15) is 30.8 Å². The molecule has 1 aromatic heterocycles. The number of hydrogen-bond donors (Lipinski definition) is 2. The van der Waals surface area contributed by atoms with Crippen LogP contribution in [0.15, 0.2) is 47.3 Å². The zero-order chi connectivity index (χ0) is 16.8. The Bertz CT molecular complexity index is 711. The van der Waals surface area contributed by atoms with Crippen LogP contribution in [0.5, 0.6) is 0 Å². The molecular formula is C17H21N3O3. The lowest BCUT2D eigenvalue weighted by atomic mass is 10.0. The number of amides is 1. The summed E-state index contributed by atoms with van der Waals surface area (Å²) in [5, 5.41) is 16.2. The number of aromatic nitrogens is 2. The number of para-hydroxylation sites is 1. The molecule has 1 aromatic carbocycles. The second-order valence-electron chi connectivity index (χ2n) is 5.79. The number of rotatable bonds is 6. The molecule has 2 aromatic rings. The minimum Gasteiger partial charge on any atom is -0.394 e. The number of benzene rings is 1. The number of nitrogens with one attached hydrogen (secondary N) is 1. The van der Waals surface area contributed by atoms with Gasteiger partial charge in [0, 0.05) is 6.07 Å². The van der Waals surface area contributed by atoms with E-state index < -0.39 is 5.91 Å². The molecule has 0 spiro atoms. The molecule has 0 aliphatic heterocycles. The van der Waals surface area contributed by atoms with Crippen molar-refractivity contribution in [3.63, 3.8) is 0 Å². The summed E-state index contributed by atoms with van der Waals surface area (Å²) in [5.41, 5.74) is 0.414. The minimum atomic E-state index is -0.408. The fraction of sp³-hybridized carbons (Fsp3) is 0.353. The zero-order valence-corrected chi connectivity index (χ0v) is 13.3. The number of nitrogens with zero attached hydrogens (tertiary/aromatic N) is 2. The maximum atomic E-state index is 12.3. The Morgan fingerprint density at radius 3 is 2.52 bits per heavy atom. The molecular weight excluding hydrogens is 294 g/mol. The largest absolute Gasteiger partial charge is 0.394 e. The van der Waals surface area contributed by atoms with Crippen LogP contribution >= 0.6 is 0 Å². The number of hydrogen-bond acceptors (Lipinski definition) is 4. The molecule has 6 nitrogen and oxygen atoms in total. The van der Waals surface area contributed by atoms with Gasteiger partial charge in [-0.1, -0.05) is 32.0 Å². The van der Waals surface area contributed by atoms with E-state index in [2.05, 4.69) is 10.4 Å². The molecule has 0 bridgehead atoms. The Kier molecular flexibility index (Phi) is 5.65. The Balaban J connectivity index is 2.23. The highest BCUT2D eigenvalue weighted by Gasteiger charge is 2.16. The van der Waals surface area contributed by atoms with E-state index in [1.807, 2.05) is 19.9 Å². The summed E-state index contributed by atoms with van der Waals surface area (Å²) >= 11 is 0.